The highest BCUT2D eigenvalue weighted by Crippen LogP contribution is 2.40. The van der Waals surface area contributed by atoms with Crippen molar-refractivity contribution in [3.8, 4) is 0 Å². The minimum atomic E-state index is -1.23. The molecule has 2 aliphatic rings. The molecule has 1 unspecified atom stereocenters. The molecule has 170 valence electrons. The second kappa shape index (κ2) is 10.1. The molecule has 0 fully saturated rings. The maximum absolute atomic E-state index is 12.9. The van der Waals surface area contributed by atoms with Gasteiger partial charge in [0.15, 0.2) is 12.4 Å². The van der Waals surface area contributed by atoms with Crippen LogP contribution >= 0.6 is 11.6 Å². The second-order valence-corrected chi connectivity index (χ2v) is 7.38. The molecule has 0 saturated carbocycles. The van der Waals surface area contributed by atoms with Crippen LogP contribution in [0.5, 0.6) is 0 Å². The van der Waals surface area contributed by atoms with E-state index in [1.807, 2.05) is 6.08 Å². The first-order chi connectivity index (χ1) is 15.3. The average Bonchev–Trinajstić information content (AvgIpc) is 2.78. The molecule has 0 aromatic heterocycles. The largest absolute Gasteiger partial charge is 0.439 e. The lowest BCUT2D eigenvalue weighted by Gasteiger charge is -2.34. The Morgan fingerprint density at radius 1 is 1.38 bits per heavy atom. The number of carbonyl (C=O) groups excluding carboxylic acids is 3. The van der Waals surface area contributed by atoms with E-state index < -0.39 is 42.1 Å². The van der Waals surface area contributed by atoms with Crippen LogP contribution in [0.25, 0.3) is 0 Å². The monoisotopic (exact) mass is 464 g/mol. The highest BCUT2D eigenvalue weighted by molar-refractivity contribution is 6.31. The molecule has 1 aromatic rings. The number of halogens is 1. The van der Waals surface area contributed by atoms with E-state index in [2.05, 4.69) is 15.5 Å². The van der Waals surface area contributed by atoms with E-state index in [9.17, 15) is 24.5 Å². The van der Waals surface area contributed by atoms with Crippen LogP contribution in [0.2, 0.25) is 5.02 Å². The number of carbonyl (C=O) groups is 3. The summed E-state index contributed by atoms with van der Waals surface area (Å²) < 4.78 is 5.18. The number of rotatable bonds is 8. The third-order valence-corrected chi connectivity index (χ3v) is 5.04. The molecule has 0 saturated heterocycles. The van der Waals surface area contributed by atoms with E-state index in [4.69, 9.17) is 16.3 Å². The third kappa shape index (κ3) is 5.35. The van der Waals surface area contributed by atoms with Gasteiger partial charge in [-0.3, -0.25) is 9.59 Å². The SMILES string of the molecule is CCC(=O)C(CO[N+](=O)[O-])NC(=O)COC(=O)N1C2=C(CCC=C2)Nc2ccc(Cl)cc21. The minimum absolute atomic E-state index is 0.0351. The number of hydrogen-bond acceptors (Lipinski definition) is 8. The molecule has 2 amide bonds. The number of amides is 2. The van der Waals surface area contributed by atoms with E-state index in [-0.39, 0.29) is 6.42 Å². The number of fused-ring (bicyclic) bond motifs is 1. The molecule has 3 rings (SSSR count). The van der Waals surface area contributed by atoms with Crippen LogP contribution in [-0.2, 0) is 19.2 Å². The summed E-state index contributed by atoms with van der Waals surface area (Å²) in [5.41, 5.74) is 2.53. The van der Waals surface area contributed by atoms with E-state index >= 15 is 0 Å². The smallest absolute Gasteiger partial charge is 0.419 e. The predicted molar refractivity (Wildman–Crippen MR) is 114 cm³/mol. The summed E-state index contributed by atoms with van der Waals surface area (Å²) in [6, 6.07) is 3.79. The van der Waals surface area contributed by atoms with E-state index in [0.717, 1.165) is 12.1 Å². The van der Waals surface area contributed by atoms with Gasteiger partial charge in [0.1, 0.15) is 12.6 Å². The summed E-state index contributed by atoms with van der Waals surface area (Å²) in [5, 5.41) is 15.3. The molecule has 1 aliphatic carbocycles. The number of nitrogens with zero attached hydrogens (tertiary/aromatic N) is 2. The summed E-state index contributed by atoms with van der Waals surface area (Å²) in [6.45, 7) is 0.213. The number of nitrogens with one attached hydrogen (secondary N) is 2. The first kappa shape index (κ1) is 23.1. The maximum Gasteiger partial charge on any atom is 0.419 e. The highest BCUT2D eigenvalue weighted by Gasteiger charge is 2.31. The van der Waals surface area contributed by atoms with E-state index in [1.54, 1.807) is 31.2 Å². The molecular weight excluding hydrogens is 444 g/mol. The molecule has 12 heteroatoms. The van der Waals surface area contributed by atoms with Crippen molar-refractivity contribution >= 4 is 40.8 Å². The van der Waals surface area contributed by atoms with Gasteiger partial charge < -0.3 is 20.2 Å². The standard InChI is InChI=1S/C20H21ClN4O7/c1-2-18(26)15(10-32-25(29)30)23-19(27)11-31-20(28)24-16-6-4-3-5-13(16)22-14-8-7-12(21)9-17(14)24/h4,6-9,15,22H,2-3,5,10-11H2,1H3,(H,23,27). The van der Waals surface area contributed by atoms with Crippen LogP contribution in [0.1, 0.15) is 26.2 Å². The zero-order chi connectivity index (χ0) is 23.3. The minimum Gasteiger partial charge on any atom is -0.439 e. The predicted octanol–water partition coefficient (Wildman–Crippen LogP) is 2.94. The van der Waals surface area contributed by atoms with Gasteiger partial charge in [-0.1, -0.05) is 24.6 Å². The lowest BCUT2D eigenvalue weighted by Crippen LogP contribution is -2.46. The molecule has 1 aromatic carbocycles. The topological polar surface area (TPSA) is 140 Å². The molecule has 0 radical (unpaired) electrons. The Hall–Kier alpha value is -3.60. The third-order valence-electron chi connectivity index (χ3n) is 4.80. The van der Waals surface area contributed by atoms with Gasteiger partial charge in [-0.05, 0) is 37.1 Å². The van der Waals surface area contributed by atoms with Gasteiger partial charge in [-0.2, -0.15) is 0 Å². The van der Waals surface area contributed by atoms with Gasteiger partial charge in [0.25, 0.3) is 11.0 Å². The Kier molecular flexibility index (Phi) is 7.31. The fourth-order valence-electron chi connectivity index (χ4n) is 3.30. The van der Waals surface area contributed by atoms with Crippen LogP contribution in [0.15, 0.2) is 41.7 Å². The number of allylic oxidation sites excluding steroid dienone is 3. The van der Waals surface area contributed by atoms with Crippen molar-refractivity contribution in [1.82, 2.24) is 5.32 Å². The van der Waals surface area contributed by atoms with Crippen molar-refractivity contribution in [1.29, 1.82) is 0 Å². The van der Waals surface area contributed by atoms with Gasteiger partial charge in [-0.25, -0.2) is 9.69 Å². The Balaban J connectivity index is 1.70. The van der Waals surface area contributed by atoms with Gasteiger partial charge in [-0.15, -0.1) is 10.1 Å². The molecule has 1 aliphatic heterocycles. The normalized spacial score (nSPS) is 15.1. The van der Waals surface area contributed by atoms with Gasteiger partial charge in [0.2, 0.25) is 0 Å². The van der Waals surface area contributed by atoms with Crippen LogP contribution in [0, 0.1) is 10.1 Å². The number of ketones is 1. The van der Waals surface area contributed by atoms with Crippen molar-refractivity contribution in [2.75, 3.05) is 23.4 Å². The first-order valence-electron chi connectivity index (χ1n) is 9.82. The lowest BCUT2D eigenvalue weighted by molar-refractivity contribution is -0.757. The molecule has 0 spiro atoms. The Labute approximate surface area is 188 Å². The van der Waals surface area contributed by atoms with Gasteiger partial charge in [0, 0.05) is 17.1 Å². The summed E-state index contributed by atoms with van der Waals surface area (Å²) >= 11 is 6.11. The maximum atomic E-state index is 12.9. The summed E-state index contributed by atoms with van der Waals surface area (Å²) in [5.74, 6) is -1.26. The lowest BCUT2D eigenvalue weighted by atomic mass is 10.0. The van der Waals surface area contributed by atoms with Crippen molar-refractivity contribution < 1.29 is 29.0 Å². The number of hydrogen-bond donors (Lipinski definition) is 2. The highest BCUT2D eigenvalue weighted by atomic mass is 35.5. The molecule has 11 nitrogen and oxygen atoms in total. The zero-order valence-corrected chi connectivity index (χ0v) is 17.9. The van der Waals surface area contributed by atoms with E-state index in [1.165, 1.54) is 4.90 Å². The van der Waals surface area contributed by atoms with E-state index in [0.29, 0.717) is 28.5 Å². The number of ether oxygens (including phenoxy) is 1. The fraction of sp³-hybridized carbons (Fsp3) is 0.350. The van der Waals surface area contributed by atoms with Crippen LogP contribution in [-0.4, -0.2) is 42.1 Å². The average molecular weight is 465 g/mol. The molecule has 2 N–H and O–H groups in total. The van der Waals surface area contributed by atoms with Crippen LogP contribution in [0.3, 0.4) is 0 Å². The number of Topliss-reactive ketones (excluding diaryl/α,β-unsaturated/α-hetero) is 1. The fourth-order valence-corrected chi connectivity index (χ4v) is 3.46. The van der Waals surface area contributed by atoms with Gasteiger partial charge >= 0.3 is 6.09 Å². The molecule has 1 heterocycles. The van der Waals surface area contributed by atoms with Gasteiger partial charge in [0.05, 0.1) is 17.1 Å². The van der Waals surface area contributed by atoms with Crippen molar-refractivity contribution in [2.24, 2.45) is 0 Å². The second-order valence-electron chi connectivity index (χ2n) is 6.94. The zero-order valence-electron chi connectivity index (χ0n) is 17.1. The summed E-state index contributed by atoms with van der Waals surface area (Å²) in [4.78, 5) is 53.0. The Morgan fingerprint density at radius 3 is 2.88 bits per heavy atom. The van der Waals surface area contributed by atoms with Crippen LogP contribution in [0.4, 0.5) is 16.2 Å². The van der Waals surface area contributed by atoms with Crippen LogP contribution < -0.4 is 15.5 Å². The first-order valence-corrected chi connectivity index (χ1v) is 10.2. The summed E-state index contributed by atoms with van der Waals surface area (Å²) in [6.07, 6.45) is 4.41. The molecular formula is C20H21ClN4O7. The Morgan fingerprint density at radius 2 is 2.16 bits per heavy atom. The molecule has 1 atom stereocenters. The summed E-state index contributed by atoms with van der Waals surface area (Å²) in [7, 11) is 0. The van der Waals surface area contributed by atoms with Crippen molar-refractivity contribution in [3.05, 3.63) is 56.9 Å². The molecule has 32 heavy (non-hydrogen) atoms. The van der Waals surface area contributed by atoms with Crippen molar-refractivity contribution in [2.45, 2.75) is 32.2 Å². The van der Waals surface area contributed by atoms with Crippen molar-refractivity contribution in [3.63, 3.8) is 0 Å². The Bertz CT molecular complexity index is 1010. The number of anilines is 2. The quantitative estimate of drug-likeness (QED) is 0.442. The molecule has 0 bridgehead atoms. The number of benzene rings is 1.